The van der Waals surface area contributed by atoms with E-state index in [1.807, 2.05) is 0 Å². The lowest BCUT2D eigenvalue weighted by molar-refractivity contribution is -0.387. The van der Waals surface area contributed by atoms with Gasteiger partial charge in [-0.2, -0.15) is 4.39 Å². The van der Waals surface area contributed by atoms with E-state index < -0.39 is 16.4 Å². The third-order valence-corrected chi connectivity index (χ3v) is 3.39. The number of hydrogen-bond donors (Lipinski definition) is 1. The van der Waals surface area contributed by atoms with E-state index in [9.17, 15) is 14.5 Å². The molecule has 0 bridgehead atoms. The van der Waals surface area contributed by atoms with E-state index in [1.165, 1.54) is 18.6 Å². The number of halogens is 1. The molecule has 0 radical (unpaired) electrons. The van der Waals surface area contributed by atoms with Crippen molar-refractivity contribution in [2.75, 3.05) is 0 Å². The van der Waals surface area contributed by atoms with Crippen LogP contribution in [-0.2, 0) is 6.54 Å². The van der Waals surface area contributed by atoms with Gasteiger partial charge in [-0.25, -0.2) is 0 Å². The summed E-state index contributed by atoms with van der Waals surface area (Å²) in [6.07, 6.45) is 3.48. The molecule has 2 atom stereocenters. The average Bonchev–Trinajstić information content (AvgIpc) is 3.06. The molecule has 0 spiro atoms. The first kappa shape index (κ1) is 13.0. The van der Waals surface area contributed by atoms with Crippen molar-refractivity contribution >= 4 is 5.69 Å². The van der Waals surface area contributed by atoms with Gasteiger partial charge in [0.25, 0.3) is 0 Å². The van der Waals surface area contributed by atoms with Crippen molar-refractivity contribution in [3.05, 3.63) is 39.7 Å². The molecular weight excluding hydrogens is 235 g/mol. The molecule has 1 saturated carbocycles. The lowest BCUT2D eigenvalue weighted by Crippen LogP contribution is -2.18. The van der Waals surface area contributed by atoms with Crippen molar-refractivity contribution in [1.29, 1.82) is 0 Å². The van der Waals surface area contributed by atoms with E-state index in [1.54, 1.807) is 6.07 Å². The minimum Gasteiger partial charge on any atom is -0.310 e. The molecule has 2 unspecified atom stereocenters. The topological polar surface area (TPSA) is 55.2 Å². The molecule has 0 aliphatic heterocycles. The molecule has 1 aliphatic rings. The first-order chi connectivity index (χ1) is 8.63. The Balaban J connectivity index is 1.94. The summed E-state index contributed by atoms with van der Waals surface area (Å²) in [7, 11) is 0. The van der Waals surface area contributed by atoms with Crippen molar-refractivity contribution in [2.24, 2.45) is 5.92 Å². The Kier molecular flexibility index (Phi) is 3.91. The molecule has 1 N–H and O–H groups in total. The van der Waals surface area contributed by atoms with Crippen LogP contribution in [0.4, 0.5) is 10.1 Å². The standard InChI is InChI=1S/C13H17FN2O2/c1-2-4-9-7-11(9)15-8-10-5-3-6-12(13(10)14)16(17)18/h3,5-6,9,11,15H,2,4,7-8H2,1H3. The first-order valence-corrected chi connectivity index (χ1v) is 6.28. The second kappa shape index (κ2) is 5.44. The summed E-state index contributed by atoms with van der Waals surface area (Å²) in [5.74, 6) is -0.0283. The summed E-state index contributed by atoms with van der Waals surface area (Å²) >= 11 is 0. The quantitative estimate of drug-likeness (QED) is 0.625. The van der Waals surface area contributed by atoms with Gasteiger partial charge in [-0.1, -0.05) is 25.5 Å². The highest BCUT2D eigenvalue weighted by molar-refractivity contribution is 5.36. The molecule has 0 heterocycles. The monoisotopic (exact) mass is 252 g/mol. The van der Waals surface area contributed by atoms with Gasteiger partial charge >= 0.3 is 5.69 Å². The lowest BCUT2D eigenvalue weighted by Gasteiger charge is -2.05. The normalized spacial score (nSPS) is 21.9. The van der Waals surface area contributed by atoms with E-state index in [-0.39, 0.29) is 0 Å². The maximum Gasteiger partial charge on any atom is 0.305 e. The van der Waals surface area contributed by atoms with Crippen molar-refractivity contribution < 1.29 is 9.31 Å². The number of nitro groups is 1. The summed E-state index contributed by atoms with van der Waals surface area (Å²) in [5, 5.41) is 13.9. The van der Waals surface area contributed by atoms with Crippen molar-refractivity contribution in [3.63, 3.8) is 0 Å². The van der Waals surface area contributed by atoms with Crippen LogP contribution in [0.5, 0.6) is 0 Å². The summed E-state index contributed by atoms with van der Waals surface area (Å²) in [4.78, 5) is 9.92. The maximum atomic E-state index is 13.8. The zero-order valence-corrected chi connectivity index (χ0v) is 10.4. The average molecular weight is 252 g/mol. The van der Waals surface area contributed by atoms with Crippen molar-refractivity contribution in [3.8, 4) is 0 Å². The Morgan fingerprint density at radius 1 is 1.56 bits per heavy atom. The van der Waals surface area contributed by atoms with Crippen molar-refractivity contribution in [1.82, 2.24) is 5.32 Å². The third-order valence-electron chi connectivity index (χ3n) is 3.39. The Hall–Kier alpha value is -1.49. The van der Waals surface area contributed by atoms with E-state index >= 15 is 0 Å². The largest absolute Gasteiger partial charge is 0.310 e. The number of nitrogens with zero attached hydrogens (tertiary/aromatic N) is 1. The smallest absolute Gasteiger partial charge is 0.305 e. The summed E-state index contributed by atoms with van der Waals surface area (Å²) in [5.41, 5.74) is -0.0819. The van der Waals surface area contributed by atoms with E-state index in [4.69, 9.17) is 0 Å². The zero-order valence-electron chi connectivity index (χ0n) is 10.4. The van der Waals surface area contributed by atoms with Gasteiger partial charge in [0.1, 0.15) is 0 Å². The van der Waals surface area contributed by atoms with Crippen LogP contribution < -0.4 is 5.32 Å². The molecule has 98 valence electrons. The maximum absolute atomic E-state index is 13.8. The molecule has 4 nitrogen and oxygen atoms in total. The molecule has 18 heavy (non-hydrogen) atoms. The van der Waals surface area contributed by atoms with Crippen LogP contribution in [0.2, 0.25) is 0 Å². The Labute approximate surface area is 105 Å². The number of rotatable bonds is 6. The predicted molar refractivity (Wildman–Crippen MR) is 66.7 cm³/mol. The Morgan fingerprint density at radius 3 is 3.00 bits per heavy atom. The molecule has 0 amide bonds. The van der Waals surface area contributed by atoms with Gasteiger partial charge in [0.05, 0.1) is 4.92 Å². The summed E-state index contributed by atoms with van der Waals surface area (Å²) in [6.45, 7) is 2.51. The highest BCUT2D eigenvalue weighted by Gasteiger charge is 2.35. The summed E-state index contributed by atoms with van der Waals surface area (Å²) in [6, 6.07) is 4.75. The molecule has 1 aliphatic carbocycles. The van der Waals surface area contributed by atoms with Gasteiger partial charge in [-0.3, -0.25) is 10.1 Å². The number of benzene rings is 1. The van der Waals surface area contributed by atoms with Crippen LogP contribution in [0.25, 0.3) is 0 Å². The highest BCUT2D eigenvalue weighted by Crippen LogP contribution is 2.34. The van der Waals surface area contributed by atoms with Gasteiger partial charge in [0.15, 0.2) is 0 Å². The molecule has 5 heteroatoms. The molecule has 0 saturated heterocycles. The molecular formula is C13H17FN2O2. The number of nitro benzene ring substituents is 1. The minimum absolute atomic E-state index is 0.360. The van der Waals surface area contributed by atoms with Gasteiger partial charge < -0.3 is 5.32 Å². The summed E-state index contributed by atoms with van der Waals surface area (Å²) < 4.78 is 13.8. The van der Waals surface area contributed by atoms with Gasteiger partial charge in [-0.05, 0) is 18.8 Å². The number of nitrogens with one attached hydrogen (secondary N) is 1. The lowest BCUT2D eigenvalue weighted by atomic mass is 10.2. The molecule has 1 fully saturated rings. The van der Waals surface area contributed by atoms with Crippen LogP contribution in [0.15, 0.2) is 18.2 Å². The second-order valence-corrected chi connectivity index (χ2v) is 4.78. The fourth-order valence-electron chi connectivity index (χ4n) is 2.27. The zero-order chi connectivity index (χ0) is 13.1. The third kappa shape index (κ3) is 2.85. The van der Waals surface area contributed by atoms with Crippen molar-refractivity contribution in [2.45, 2.75) is 38.8 Å². The van der Waals surface area contributed by atoms with Crippen LogP contribution in [0.1, 0.15) is 31.7 Å². The van der Waals surface area contributed by atoms with E-state index in [0.717, 1.165) is 12.8 Å². The fraction of sp³-hybridized carbons (Fsp3) is 0.538. The van der Waals surface area contributed by atoms with E-state index in [2.05, 4.69) is 12.2 Å². The second-order valence-electron chi connectivity index (χ2n) is 4.78. The SMILES string of the molecule is CCCC1CC1NCc1cccc([N+](=O)[O-])c1F. The van der Waals surface area contributed by atoms with Gasteiger partial charge in [0.2, 0.25) is 5.82 Å². The van der Waals surface area contributed by atoms with Gasteiger partial charge in [-0.15, -0.1) is 0 Å². The first-order valence-electron chi connectivity index (χ1n) is 6.28. The van der Waals surface area contributed by atoms with Crippen LogP contribution in [0.3, 0.4) is 0 Å². The molecule has 1 aromatic rings. The van der Waals surface area contributed by atoms with E-state index in [0.29, 0.717) is 24.1 Å². The highest BCUT2D eigenvalue weighted by atomic mass is 19.1. The van der Waals surface area contributed by atoms with Crippen LogP contribution in [0, 0.1) is 21.8 Å². The fourth-order valence-corrected chi connectivity index (χ4v) is 2.27. The Morgan fingerprint density at radius 2 is 2.33 bits per heavy atom. The molecule has 2 rings (SSSR count). The Bertz CT molecular complexity index is 451. The number of hydrogen-bond acceptors (Lipinski definition) is 3. The predicted octanol–water partition coefficient (Wildman–Crippen LogP) is 3.01. The van der Waals surface area contributed by atoms with Crippen LogP contribution >= 0.6 is 0 Å². The molecule has 0 aromatic heterocycles. The van der Waals surface area contributed by atoms with Crippen LogP contribution in [-0.4, -0.2) is 11.0 Å². The minimum atomic E-state index is -0.720. The molecule has 1 aromatic carbocycles. The van der Waals surface area contributed by atoms with Gasteiger partial charge in [0, 0.05) is 24.2 Å².